The quantitative estimate of drug-likeness (QED) is 0.714. The summed E-state index contributed by atoms with van der Waals surface area (Å²) in [6, 6.07) is 4.01. The molecule has 1 nitrogen and oxygen atoms in total. The maximum atomic E-state index is 13.2. The van der Waals surface area contributed by atoms with Gasteiger partial charge in [-0.3, -0.25) is 4.79 Å². The van der Waals surface area contributed by atoms with Crippen LogP contribution in [0.1, 0.15) is 49.4 Å². The molecular weight excluding hydrogens is 251 g/mol. The average Bonchev–Trinajstić information content (AvgIpc) is 2.41. The maximum Gasteiger partial charge on any atom is 0.167 e. The summed E-state index contributed by atoms with van der Waals surface area (Å²) in [7, 11) is 0. The van der Waals surface area contributed by atoms with Crippen LogP contribution >= 0.6 is 11.6 Å². The van der Waals surface area contributed by atoms with E-state index in [1.54, 1.807) is 0 Å². The second kappa shape index (κ2) is 5.83. The standard InChI is InChI=1S/C15H18ClFO/c1-2-10-3-5-11(6-4-10)15(18)13-9-12(17)7-8-14(13)16/h7-11H,2-6H2,1H3. The van der Waals surface area contributed by atoms with Crippen LogP contribution in [-0.4, -0.2) is 5.78 Å². The molecule has 1 aromatic rings. The Bertz CT molecular complexity index is 436. The van der Waals surface area contributed by atoms with Gasteiger partial charge in [-0.2, -0.15) is 0 Å². The van der Waals surface area contributed by atoms with Crippen molar-refractivity contribution in [1.29, 1.82) is 0 Å². The van der Waals surface area contributed by atoms with Crippen LogP contribution in [0, 0.1) is 17.7 Å². The summed E-state index contributed by atoms with van der Waals surface area (Å²) in [5, 5.41) is 0.360. The van der Waals surface area contributed by atoms with Crippen molar-refractivity contribution in [3.63, 3.8) is 0 Å². The summed E-state index contributed by atoms with van der Waals surface area (Å²) in [6.07, 6.45) is 5.19. The summed E-state index contributed by atoms with van der Waals surface area (Å²) in [4.78, 5) is 12.3. The van der Waals surface area contributed by atoms with Gasteiger partial charge >= 0.3 is 0 Å². The highest BCUT2D eigenvalue weighted by atomic mass is 35.5. The second-order valence-corrected chi connectivity index (χ2v) is 5.52. The van der Waals surface area contributed by atoms with Gasteiger partial charge in [0.25, 0.3) is 0 Å². The summed E-state index contributed by atoms with van der Waals surface area (Å²) in [6.45, 7) is 2.19. The van der Waals surface area contributed by atoms with Gasteiger partial charge in [0.2, 0.25) is 0 Å². The summed E-state index contributed by atoms with van der Waals surface area (Å²) in [5.41, 5.74) is 0.344. The minimum Gasteiger partial charge on any atom is -0.294 e. The van der Waals surface area contributed by atoms with Crippen LogP contribution in [0.4, 0.5) is 4.39 Å². The average molecular weight is 269 g/mol. The van der Waals surface area contributed by atoms with Crippen molar-refractivity contribution in [2.45, 2.75) is 39.0 Å². The van der Waals surface area contributed by atoms with Crippen LogP contribution in [-0.2, 0) is 0 Å². The molecule has 0 amide bonds. The van der Waals surface area contributed by atoms with E-state index in [-0.39, 0.29) is 11.7 Å². The van der Waals surface area contributed by atoms with Gasteiger partial charge in [0, 0.05) is 11.5 Å². The molecule has 0 aliphatic heterocycles. The molecule has 1 aliphatic rings. The first-order valence-electron chi connectivity index (χ1n) is 6.61. The molecule has 0 atom stereocenters. The molecule has 98 valence electrons. The van der Waals surface area contributed by atoms with Crippen molar-refractivity contribution in [3.05, 3.63) is 34.6 Å². The molecule has 0 spiro atoms. The highest BCUT2D eigenvalue weighted by Crippen LogP contribution is 2.33. The molecule has 0 radical (unpaired) electrons. The maximum absolute atomic E-state index is 13.2. The van der Waals surface area contributed by atoms with E-state index >= 15 is 0 Å². The molecule has 0 N–H and O–H groups in total. The number of rotatable bonds is 3. The topological polar surface area (TPSA) is 17.1 Å². The molecular formula is C15H18ClFO. The third kappa shape index (κ3) is 2.92. The molecule has 3 heteroatoms. The normalized spacial score (nSPS) is 23.9. The Kier molecular flexibility index (Phi) is 4.39. The van der Waals surface area contributed by atoms with Crippen molar-refractivity contribution in [2.24, 2.45) is 11.8 Å². The van der Waals surface area contributed by atoms with Gasteiger partial charge in [0.1, 0.15) is 5.82 Å². The Labute approximate surface area is 112 Å². The molecule has 0 heterocycles. The first-order valence-corrected chi connectivity index (χ1v) is 6.99. The molecule has 1 fully saturated rings. The van der Waals surface area contributed by atoms with Crippen LogP contribution < -0.4 is 0 Å². The van der Waals surface area contributed by atoms with E-state index in [9.17, 15) is 9.18 Å². The van der Waals surface area contributed by atoms with E-state index < -0.39 is 5.82 Å². The Morgan fingerprint density at radius 3 is 2.61 bits per heavy atom. The van der Waals surface area contributed by atoms with Gasteiger partial charge in [-0.05, 0) is 49.8 Å². The summed E-state index contributed by atoms with van der Waals surface area (Å²) in [5.74, 6) is 0.378. The van der Waals surface area contributed by atoms with E-state index in [0.29, 0.717) is 10.6 Å². The number of carbonyl (C=O) groups excluding carboxylic acids is 1. The van der Waals surface area contributed by atoms with Gasteiger partial charge in [-0.25, -0.2) is 4.39 Å². The molecule has 1 aliphatic carbocycles. The predicted molar refractivity (Wildman–Crippen MR) is 71.5 cm³/mol. The molecule has 1 saturated carbocycles. The van der Waals surface area contributed by atoms with Crippen molar-refractivity contribution in [3.8, 4) is 0 Å². The highest BCUT2D eigenvalue weighted by Gasteiger charge is 2.27. The first-order chi connectivity index (χ1) is 8.61. The molecule has 18 heavy (non-hydrogen) atoms. The van der Waals surface area contributed by atoms with E-state index in [1.165, 1.54) is 24.6 Å². The van der Waals surface area contributed by atoms with Crippen molar-refractivity contribution < 1.29 is 9.18 Å². The van der Waals surface area contributed by atoms with Crippen molar-refractivity contribution in [2.75, 3.05) is 0 Å². The minimum atomic E-state index is -0.398. The number of carbonyl (C=O) groups is 1. The third-order valence-electron chi connectivity index (χ3n) is 3.99. The van der Waals surface area contributed by atoms with Crippen LogP contribution in [0.5, 0.6) is 0 Å². The van der Waals surface area contributed by atoms with Gasteiger partial charge in [0.15, 0.2) is 5.78 Å². The van der Waals surface area contributed by atoms with Gasteiger partial charge in [-0.1, -0.05) is 24.9 Å². The second-order valence-electron chi connectivity index (χ2n) is 5.11. The van der Waals surface area contributed by atoms with Crippen LogP contribution in [0.3, 0.4) is 0 Å². The third-order valence-corrected chi connectivity index (χ3v) is 4.32. The van der Waals surface area contributed by atoms with Gasteiger partial charge < -0.3 is 0 Å². The molecule has 0 aromatic heterocycles. The van der Waals surface area contributed by atoms with Crippen LogP contribution in [0.2, 0.25) is 5.02 Å². The Morgan fingerprint density at radius 1 is 1.33 bits per heavy atom. The monoisotopic (exact) mass is 268 g/mol. The van der Waals surface area contributed by atoms with Gasteiger partial charge in [0.05, 0.1) is 5.02 Å². The van der Waals surface area contributed by atoms with Crippen LogP contribution in [0.15, 0.2) is 18.2 Å². The first kappa shape index (κ1) is 13.5. The Morgan fingerprint density at radius 2 is 2.00 bits per heavy atom. The van der Waals surface area contributed by atoms with Gasteiger partial charge in [-0.15, -0.1) is 0 Å². The lowest BCUT2D eigenvalue weighted by atomic mass is 9.78. The fourth-order valence-electron chi connectivity index (χ4n) is 2.74. The zero-order valence-corrected chi connectivity index (χ0v) is 11.3. The van der Waals surface area contributed by atoms with Crippen molar-refractivity contribution in [1.82, 2.24) is 0 Å². The van der Waals surface area contributed by atoms with E-state index in [4.69, 9.17) is 11.6 Å². The highest BCUT2D eigenvalue weighted by molar-refractivity contribution is 6.34. The molecule has 0 bridgehead atoms. The Hall–Kier alpha value is -0.890. The zero-order valence-electron chi connectivity index (χ0n) is 10.6. The summed E-state index contributed by atoms with van der Waals surface area (Å²) < 4.78 is 13.2. The lowest BCUT2D eigenvalue weighted by molar-refractivity contribution is 0.0871. The minimum absolute atomic E-state index is 0.00838. The number of benzene rings is 1. The van der Waals surface area contributed by atoms with Crippen molar-refractivity contribution >= 4 is 17.4 Å². The van der Waals surface area contributed by atoms with E-state index in [2.05, 4.69) is 6.92 Å². The number of ketones is 1. The fourth-order valence-corrected chi connectivity index (χ4v) is 2.95. The number of halogens is 2. The molecule has 0 unspecified atom stereocenters. The molecule has 0 saturated heterocycles. The summed E-state index contributed by atoms with van der Waals surface area (Å²) >= 11 is 5.98. The SMILES string of the molecule is CCC1CCC(C(=O)c2cc(F)ccc2Cl)CC1. The number of hydrogen-bond acceptors (Lipinski definition) is 1. The van der Waals surface area contributed by atoms with E-state index in [0.717, 1.165) is 31.6 Å². The zero-order chi connectivity index (χ0) is 13.1. The molecule has 1 aromatic carbocycles. The number of Topliss-reactive ketones (excluding diaryl/α,β-unsaturated/α-hetero) is 1. The number of hydrogen-bond donors (Lipinski definition) is 0. The largest absolute Gasteiger partial charge is 0.294 e. The van der Waals surface area contributed by atoms with E-state index in [1.807, 2.05) is 0 Å². The fraction of sp³-hybridized carbons (Fsp3) is 0.533. The molecule has 2 rings (SSSR count). The Balaban J connectivity index is 2.10. The van der Waals surface area contributed by atoms with Crippen LogP contribution in [0.25, 0.3) is 0 Å². The predicted octanol–water partition coefficient (Wildman–Crippen LogP) is 4.88. The smallest absolute Gasteiger partial charge is 0.167 e. The lowest BCUT2D eigenvalue weighted by Crippen LogP contribution is -2.22. The lowest BCUT2D eigenvalue weighted by Gasteiger charge is -2.27.